The van der Waals surface area contributed by atoms with E-state index in [1.807, 2.05) is 5.32 Å². The van der Waals surface area contributed by atoms with Gasteiger partial charge in [-0.25, -0.2) is 16.8 Å². The molecule has 36 heavy (non-hydrogen) atoms. The fourth-order valence-electron chi connectivity index (χ4n) is 2.76. The monoisotopic (exact) mass is 587 g/mol. The van der Waals surface area contributed by atoms with Crippen LogP contribution in [-0.2, 0) is 48.2 Å². The van der Waals surface area contributed by atoms with Crippen LogP contribution in [0.3, 0.4) is 0 Å². The summed E-state index contributed by atoms with van der Waals surface area (Å²) in [5.74, 6) is -0.841. The van der Waals surface area contributed by atoms with Crippen molar-refractivity contribution in [2.45, 2.75) is 62.0 Å². The van der Waals surface area contributed by atoms with Crippen LogP contribution in [0.25, 0.3) is 0 Å². The van der Waals surface area contributed by atoms with Gasteiger partial charge in [-0.1, -0.05) is 0 Å². The van der Waals surface area contributed by atoms with E-state index in [4.69, 9.17) is 9.47 Å². The summed E-state index contributed by atoms with van der Waals surface area (Å²) >= 11 is 0. The Kier molecular flexibility index (Phi) is 17.9. The van der Waals surface area contributed by atoms with Gasteiger partial charge in [0.2, 0.25) is 26.7 Å². The molecule has 0 bridgehead atoms. The minimum absolute atomic E-state index is 0. The van der Waals surface area contributed by atoms with Gasteiger partial charge in [0.05, 0.1) is 13.2 Å². The van der Waals surface area contributed by atoms with Gasteiger partial charge < -0.3 is 54.2 Å². The number of aldehydes is 1. The molecule has 0 spiro atoms. The van der Waals surface area contributed by atoms with Crippen molar-refractivity contribution in [3.05, 3.63) is 0 Å². The first-order chi connectivity index (χ1) is 15.5. The number of carbonyl (C=O) groups is 2. The fraction of sp³-hybridized carbons (Fsp3) is 0.857. The number of hydrogen-bond donors (Lipinski definition) is 6. The summed E-state index contributed by atoms with van der Waals surface area (Å²) in [6.45, 7) is -1.58. The van der Waals surface area contributed by atoms with Crippen molar-refractivity contribution < 1.29 is 138 Å². The largest absolute Gasteiger partial charge is 1.00 e. The van der Waals surface area contributed by atoms with Crippen molar-refractivity contribution >= 4 is 33.0 Å². The molecule has 0 aromatic carbocycles. The summed E-state index contributed by atoms with van der Waals surface area (Å²) < 4.78 is 81.8. The quantitative estimate of drug-likeness (QED) is 0.0504. The van der Waals surface area contributed by atoms with Crippen molar-refractivity contribution in [2.24, 2.45) is 0 Å². The molecule has 9 atom stereocenters. The molecule has 0 unspecified atom stereocenters. The van der Waals surface area contributed by atoms with Crippen molar-refractivity contribution in [3.8, 4) is 0 Å². The molecule has 0 saturated carbocycles. The molecule has 0 aromatic heterocycles. The van der Waals surface area contributed by atoms with Crippen LogP contribution in [0.2, 0.25) is 0 Å². The van der Waals surface area contributed by atoms with Crippen LogP contribution < -0.4 is 64.4 Å². The maximum atomic E-state index is 11.3. The summed E-state index contributed by atoms with van der Waals surface area (Å²) in [5, 5.41) is 52.5. The van der Waals surface area contributed by atoms with Gasteiger partial charge in [-0.05, 0) is 0 Å². The molecule has 1 fully saturated rings. The van der Waals surface area contributed by atoms with E-state index in [1.54, 1.807) is 0 Å². The van der Waals surface area contributed by atoms with Crippen LogP contribution in [0.4, 0.5) is 0 Å². The Morgan fingerprint density at radius 3 is 2.00 bits per heavy atom. The Morgan fingerprint density at radius 2 is 1.56 bits per heavy atom. The average Bonchev–Trinajstić information content (AvgIpc) is 2.71. The number of amides is 1. The Bertz CT molecular complexity index is 905. The van der Waals surface area contributed by atoms with E-state index in [-0.39, 0.29) is 65.4 Å². The molecular formula is C14H23NNa2O17S2. The number of ether oxygens (including phenoxy) is 2. The molecule has 18 nitrogen and oxygen atoms in total. The molecule has 1 saturated heterocycles. The average molecular weight is 587 g/mol. The normalized spacial score (nSPS) is 27.9. The van der Waals surface area contributed by atoms with Gasteiger partial charge >= 0.3 is 59.1 Å². The molecule has 1 heterocycles. The summed E-state index contributed by atoms with van der Waals surface area (Å²) in [7, 11) is -10.6. The molecule has 0 aromatic rings. The number of rotatable bonds is 13. The maximum absolute atomic E-state index is 11.3. The van der Waals surface area contributed by atoms with E-state index in [0.717, 1.165) is 6.92 Å². The summed E-state index contributed by atoms with van der Waals surface area (Å²) in [6.07, 6.45) is -17.0. The second-order valence-electron chi connectivity index (χ2n) is 6.92. The SMILES string of the molecule is CC(=O)N[C@@H](C=O)[C@@H](O)[C@H](O[C@@H]1O[C@H](COS(=O)(=O)[O-])[C@H](O)[C@H](O)[C@H]1O)[C@H](O)COS(=O)(=O)[O-].[Na+].[Na+]. The van der Waals surface area contributed by atoms with Gasteiger partial charge in [-0.2, -0.15) is 0 Å². The molecule has 0 radical (unpaired) electrons. The third-order valence-electron chi connectivity index (χ3n) is 4.32. The first kappa shape index (κ1) is 38.7. The van der Waals surface area contributed by atoms with Crippen LogP contribution >= 0.6 is 0 Å². The number of carbonyl (C=O) groups excluding carboxylic acids is 2. The second kappa shape index (κ2) is 16.6. The molecule has 22 heteroatoms. The molecule has 200 valence electrons. The first-order valence-corrected chi connectivity index (χ1v) is 11.8. The smallest absolute Gasteiger partial charge is 0.726 e. The summed E-state index contributed by atoms with van der Waals surface area (Å²) in [5.41, 5.74) is 0. The van der Waals surface area contributed by atoms with Gasteiger partial charge in [-0.3, -0.25) is 13.2 Å². The van der Waals surface area contributed by atoms with Crippen LogP contribution in [0.1, 0.15) is 6.92 Å². The van der Waals surface area contributed by atoms with Gasteiger partial charge in [0.15, 0.2) is 6.29 Å². The number of aliphatic hydroxyl groups is 5. The van der Waals surface area contributed by atoms with E-state index in [2.05, 4.69) is 8.37 Å². The zero-order valence-corrected chi connectivity index (χ0v) is 24.8. The molecule has 0 aliphatic carbocycles. The predicted octanol–water partition coefficient (Wildman–Crippen LogP) is -12.4. The third kappa shape index (κ3) is 13.1. The van der Waals surface area contributed by atoms with Crippen molar-refractivity contribution in [3.63, 3.8) is 0 Å². The van der Waals surface area contributed by atoms with Crippen molar-refractivity contribution in [1.29, 1.82) is 0 Å². The van der Waals surface area contributed by atoms with Gasteiger partial charge in [0.25, 0.3) is 0 Å². The van der Waals surface area contributed by atoms with Crippen molar-refractivity contribution in [1.82, 2.24) is 5.32 Å². The predicted molar refractivity (Wildman–Crippen MR) is 98.5 cm³/mol. The van der Waals surface area contributed by atoms with Crippen LogP contribution in [-0.4, -0.2) is 132 Å². The van der Waals surface area contributed by atoms with E-state index in [1.165, 1.54) is 0 Å². The Balaban J connectivity index is 0. The van der Waals surface area contributed by atoms with Gasteiger partial charge in [0, 0.05) is 6.92 Å². The summed E-state index contributed by atoms with van der Waals surface area (Å²) in [6, 6.07) is -1.80. The standard InChI is InChI=1S/C14H25NO17S2.2Na/c1-5(17)15-6(2-16)9(19)13(7(18)3-29-33(23,24)25)32-14-12(22)11(21)10(20)8(31-14)4-30-34(26,27)28;;/h2,6-14,18-22H,3-4H2,1H3,(H,15,17)(H,23,24,25)(H,26,27,28);;/q;2*+1/p-2/t6-,7+,8+,9+,10-,11-,12+,13+,14-;;/m0../s1. The topological polar surface area (TPSA) is 299 Å². The van der Waals surface area contributed by atoms with Crippen LogP contribution in [0, 0.1) is 0 Å². The zero-order chi connectivity index (χ0) is 26.4. The minimum Gasteiger partial charge on any atom is -0.726 e. The summed E-state index contributed by atoms with van der Waals surface area (Å²) in [4.78, 5) is 22.5. The number of nitrogens with one attached hydrogen (secondary N) is 1. The number of hydrogen-bond acceptors (Lipinski definition) is 17. The molecule has 1 amide bonds. The van der Waals surface area contributed by atoms with E-state index in [0.29, 0.717) is 0 Å². The molecule has 6 N–H and O–H groups in total. The minimum atomic E-state index is -5.36. The Hall–Kier alpha value is 0.600. The second-order valence-corrected chi connectivity index (χ2v) is 9.03. The van der Waals surface area contributed by atoms with Crippen LogP contribution in [0.15, 0.2) is 0 Å². The Labute approximate surface area is 249 Å². The molecular weight excluding hydrogens is 564 g/mol. The third-order valence-corrected chi connectivity index (χ3v) is 5.17. The van der Waals surface area contributed by atoms with Crippen LogP contribution in [0.5, 0.6) is 0 Å². The van der Waals surface area contributed by atoms with Gasteiger partial charge in [-0.15, -0.1) is 0 Å². The Morgan fingerprint density at radius 1 is 1.03 bits per heavy atom. The fourth-order valence-corrected chi connectivity index (χ4v) is 3.36. The molecule has 1 aliphatic rings. The van der Waals surface area contributed by atoms with Crippen molar-refractivity contribution in [2.75, 3.05) is 13.2 Å². The maximum Gasteiger partial charge on any atom is 1.00 e. The van der Waals surface area contributed by atoms with E-state index in [9.17, 15) is 61.1 Å². The zero-order valence-electron chi connectivity index (χ0n) is 19.1. The van der Waals surface area contributed by atoms with Gasteiger partial charge in [0.1, 0.15) is 55.1 Å². The first-order valence-electron chi connectivity index (χ1n) is 9.11. The molecule has 1 rings (SSSR count). The van der Waals surface area contributed by atoms with E-state index >= 15 is 0 Å². The number of aliphatic hydroxyl groups excluding tert-OH is 5. The molecule has 1 aliphatic heterocycles. The van der Waals surface area contributed by atoms with E-state index < -0.39 is 95.0 Å².